The van der Waals surface area contributed by atoms with Gasteiger partial charge in [-0.2, -0.15) is 0 Å². The van der Waals surface area contributed by atoms with Crippen LogP contribution >= 0.6 is 0 Å². The molecule has 27 heavy (non-hydrogen) atoms. The predicted octanol–water partition coefficient (Wildman–Crippen LogP) is 0.687. The van der Waals surface area contributed by atoms with Crippen molar-refractivity contribution in [3.63, 3.8) is 0 Å². The molecule has 12 heteroatoms. The van der Waals surface area contributed by atoms with E-state index in [1.165, 1.54) is 0 Å². The van der Waals surface area contributed by atoms with Gasteiger partial charge < -0.3 is 0 Å². The van der Waals surface area contributed by atoms with Crippen molar-refractivity contribution >= 4 is 0 Å². The van der Waals surface area contributed by atoms with Crippen molar-refractivity contribution in [2.45, 2.75) is 74.0 Å². The van der Waals surface area contributed by atoms with E-state index >= 15 is 0 Å². The topological polar surface area (TPSA) is 166 Å². The van der Waals surface area contributed by atoms with Gasteiger partial charge in [0.25, 0.3) is 0 Å². The van der Waals surface area contributed by atoms with Gasteiger partial charge in [-0.25, -0.2) is 0 Å². The Balaban J connectivity index is -0.000000320. The Kier molecular flexibility index (Phi) is 29.8. The molecule has 165 valence electrons. The predicted molar refractivity (Wildman–Crippen MR) is 96.9 cm³/mol. The number of hydrogen-bond donors (Lipinski definition) is 6. The van der Waals surface area contributed by atoms with Gasteiger partial charge in [0, 0.05) is 0 Å². The van der Waals surface area contributed by atoms with Crippen LogP contribution in [-0.2, 0) is 65.5 Å². The van der Waals surface area contributed by atoms with Crippen molar-refractivity contribution < 1.29 is 80.8 Å². The quantitative estimate of drug-likeness (QED) is 0.210. The molecule has 0 rings (SSSR count). The van der Waals surface area contributed by atoms with Crippen LogP contribution in [0.2, 0.25) is 14.2 Å². The molecule has 0 atom stereocenters. The van der Waals surface area contributed by atoms with E-state index in [9.17, 15) is 0 Å². The molecule has 0 spiro atoms. The molecule has 0 aromatic carbocycles. The van der Waals surface area contributed by atoms with E-state index in [1.54, 1.807) is 0 Å². The molecule has 9 N–H and O–H groups in total. The Labute approximate surface area is 186 Å². The second-order valence-electron chi connectivity index (χ2n) is 6.32. The molecule has 0 amide bonds. The average molecular weight is 504 g/mol. The number of hydrogen-bond acceptors (Lipinski definition) is 9. The standard InChI is InChI=1S/3C3H7O.3C2H5O.3H2N.3Ti/c3*1-3(2)4;3*1-2-3;;;;;;/h3*3H,1-2H3;3*3H,1-2H2;3*1H2;;;/q3*-1;;;;3*-1;3*+2. The van der Waals surface area contributed by atoms with E-state index in [4.69, 9.17) is 37.9 Å². The van der Waals surface area contributed by atoms with Crippen LogP contribution in [-0.4, -0.2) is 53.5 Å². The fourth-order valence-electron chi connectivity index (χ4n) is 1.42. The zero-order valence-electron chi connectivity index (χ0n) is 17.8. The van der Waals surface area contributed by atoms with Crippen molar-refractivity contribution in [1.82, 2.24) is 0 Å². The number of rotatable bonds is 12. The normalized spacial score (nSPS) is 10.3. The monoisotopic (exact) mass is 504 g/mol. The van der Waals surface area contributed by atoms with Gasteiger partial charge >= 0.3 is 187 Å². The van der Waals surface area contributed by atoms with Gasteiger partial charge in [0.1, 0.15) is 0 Å². The maximum atomic E-state index is 8.43. The Morgan fingerprint density at radius 2 is 0.741 bits per heavy atom. The van der Waals surface area contributed by atoms with Crippen molar-refractivity contribution in [1.29, 1.82) is 0 Å². The van der Waals surface area contributed by atoms with Crippen LogP contribution in [0, 0.1) is 0 Å². The van der Waals surface area contributed by atoms with Crippen LogP contribution in [0.15, 0.2) is 0 Å². The maximum absolute atomic E-state index is 8.43. The van der Waals surface area contributed by atoms with E-state index in [-0.39, 0.29) is 38.1 Å². The van der Waals surface area contributed by atoms with E-state index in [1.807, 2.05) is 41.5 Å². The molecule has 0 saturated heterocycles. The number of aliphatic hydroxyl groups excluding tert-OH is 3. The molecule has 0 aliphatic carbocycles. The van der Waals surface area contributed by atoms with Gasteiger partial charge in [-0.15, -0.1) is 0 Å². The van der Waals surface area contributed by atoms with Crippen LogP contribution in [0.3, 0.4) is 0 Å². The summed E-state index contributed by atoms with van der Waals surface area (Å²) in [5, 5.41) is 25.3. The third-order valence-corrected chi connectivity index (χ3v) is 9.22. The van der Waals surface area contributed by atoms with Crippen LogP contribution in [0.5, 0.6) is 0 Å². The van der Waals surface area contributed by atoms with Crippen molar-refractivity contribution in [3.05, 3.63) is 0 Å². The Hall–Kier alpha value is 1.78. The summed E-state index contributed by atoms with van der Waals surface area (Å²) in [5.41, 5.74) is 0. The summed E-state index contributed by atoms with van der Waals surface area (Å²) in [5.74, 6) is 0. The molecule has 0 fully saturated rings. The molecule has 0 radical (unpaired) electrons. The summed E-state index contributed by atoms with van der Waals surface area (Å²) in [6.45, 7) is 12.2. The zero-order valence-corrected chi connectivity index (χ0v) is 22.5. The number of nitrogens with two attached hydrogens (primary N) is 3. The summed E-state index contributed by atoms with van der Waals surface area (Å²) >= 11 is -5.25. The zero-order chi connectivity index (χ0) is 21.8. The molecule has 0 aliphatic heterocycles. The molecule has 0 aromatic heterocycles. The first-order valence-electron chi connectivity index (χ1n) is 9.16. The van der Waals surface area contributed by atoms with E-state index in [2.05, 4.69) is 0 Å². The molecule has 0 unspecified atom stereocenters. The Morgan fingerprint density at radius 1 is 0.556 bits per heavy atom. The van der Waals surface area contributed by atoms with Gasteiger partial charge in [0.2, 0.25) is 0 Å². The summed E-state index contributed by atoms with van der Waals surface area (Å²) in [7, 11) is 0. The van der Waals surface area contributed by atoms with Crippen molar-refractivity contribution in [3.8, 4) is 0 Å². The first-order chi connectivity index (χ1) is 12.5. The molecule has 9 nitrogen and oxygen atoms in total. The van der Waals surface area contributed by atoms with E-state index in [0.717, 1.165) is 0 Å². The molecule has 0 aliphatic rings. The van der Waals surface area contributed by atoms with Crippen molar-refractivity contribution in [2.75, 3.05) is 19.8 Å². The van der Waals surface area contributed by atoms with Crippen LogP contribution in [0.4, 0.5) is 0 Å². The number of aliphatic hydroxyl groups is 3. The molecule has 0 aromatic rings. The molecular formula is C15H42N3O6Ti3. The summed E-state index contributed by atoms with van der Waals surface area (Å²) in [6, 6.07) is 0. The Bertz CT molecular complexity index is 253. The van der Waals surface area contributed by atoms with Crippen LogP contribution < -0.4 is 12.6 Å². The van der Waals surface area contributed by atoms with Crippen LogP contribution in [0.25, 0.3) is 0 Å². The SMILES string of the molecule is CC(C)[O][Ti]([NH2])[CH2]CO.CC(C)[O][Ti]([NH2])[CH2]CO.CC(C)[O][Ti]([NH2])[CH2]CO. The molecule has 0 heterocycles. The van der Waals surface area contributed by atoms with E-state index in [0.29, 0.717) is 14.2 Å². The van der Waals surface area contributed by atoms with E-state index < -0.39 is 55.5 Å². The molecule has 0 saturated carbocycles. The summed E-state index contributed by atoms with van der Waals surface area (Å²) < 4.78 is 34.6. The van der Waals surface area contributed by atoms with Crippen LogP contribution in [0.1, 0.15) is 41.5 Å². The first kappa shape index (κ1) is 33.4. The molecule has 0 bridgehead atoms. The third-order valence-electron chi connectivity index (χ3n) is 2.24. The summed E-state index contributed by atoms with van der Waals surface area (Å²) in [6.07, 6.45) is 0.657. The Morgan fingerprint density at radius 3 is 0.852 bits per heavy atom. The van der Waals surface area contributed by atoms with Gasteiger partial charge in [0.15, 0.2) is 0 Å². The van der Waals surface area contributed by atoms with Crippen molar-refractivity contribution in [2.24, 2.45) is 12.6 Å². The summed E-state index contributed by atoms with van der Waals surface area (Å²) in [4.78, 5) is 0. The average Bonchev–Trinajstić information content (AvgIpc) is 2.46. The first-order valence-corrected chi connectivity index (χ1v) is 17.1. The van der Waals surface area contributed by atoms with Gasteiger partial charge in [-0.1, -0.05) is 0 Å². The minimum atomic E-state index is -1.75. The third kappa shape index (κ3) is 35.6. The minimum absolute atomic E-state index is 0.165. The fraction of sp³-hybridized carbons (Fsp3) is 1.00. The second kappa shape index (κ2) is 24.1. The molecular weight excluding hydrogens is 462 g/mol. The fourth-order valence-corrected chi connectivity index (χ4v) is 5.84. The second-order valence-corrected chi connectivity index (χ2v) is 14.1. The van der Waals surface area contributed by atoms with Gasteiger partial charge in [0.05, 0.1) is 0 Å². The van der Waals surface area contributed by atoms with Gasteiger partial charge in [-0.3, -0.25) is 0 Å². The van der Waals surface area contributed by atoms with Gasteiger partial charge in [-0.05, 0) is 0 Å².